The zero-order valence-electron chi connectivity index (χ0n) is 12.0. The molecule has 1 heterocycles. The van der Waals surface area contributed by atoms with Crippen LogP contribution in [-0.4, -0.2) is 38.9 Å². The minimum atomic E-state index is -0.245. The number of hydrogen-bond donors (Lipinski definition) is 1. The van der Waals surface area contributed by atoms with Gasteiger partial charge in [-0.15, -0.1) is 0 Å². The van der Waals surface area contributed by atoms with Gasteiger partial charge in [0, 0.05) is 13.2 Å². The van der Waals surface area contributed by atoms with Crippen LogP contribution in [-0.2, 0) is 14.3 Å². The molecule has 20 heavy (non-hydrogen) atoms. The van der Waals surface area contributed by atoms with E-state index in [2.05, 4.69) is 5.32 Å². The largest absolute Gasteiger partial charge is 0.469 e. The Balaban J connectivity index is 1.80. The number of rotatable bonds is 7. The number of benzene rings is 1. The van der Waals surface area contributed by atoms with Gasteiger partial charge in [-0.2, -0.15) is 0 Å². The lowest BCUT2D eigenvalue weighted by atomic mass is 9.99. The zero-order valence-corrected chi connectivity index (χ0v) is 12.0. The van der Waals surface area contributed by atoms with E-state index in [1.54, 1.807) is 0 Å². The predicted molar refractivity (Wildman–Crippen MR) is 77.7 cm³/mol. The van der Waals surface area contributed by atoms with Crippen LogP contribution in [0.3, 0.4) is 0 Å². The van der Waals surface area contributed by atoms with Gasteiger partial charge in [-0.1, -0.05) is 30.3 Å². The maximum Gasteiger partial charge on any atom is 0.314 e. The fourth-order valence-electron chi connectivity index (χ4n) is 2.55. The van der Waals surface area contributed by atoms with E-state index in [0.717, 1.165) is 31.6 Å². The monoisotopic (exact) mass is 277 g/mol. The Morgan fingerprint density at radius 3 is 2.90 bits per heavy atom. The summed E-state index contributed by atoms with van der Waals surface area (Å²) in [7, 11) is 1.44. The van der Waals surface area contributed by atoms with Crippen LogP contribution in [0.5, 0.6) is 0 Å². The molecule has 0 spiro atoms. The number of carbonyl (C=O) groups is 1. The summed E-state index contributed by atoms with van der Waals surface area (Å²) in [6.07, 6.45) is 3.71. The van der Waals surface area contributed by atoms with E-state index in [9.17, 15) is 4.79 Å². The van der Waals surface area contributed by atoms with E-state index >= 15 is 0 Å². The maximum absolute atomic E-state index is 11.9. The average Bonchev–Trinajstić information content (AvgIpc) is 3.01. The van der Waals surface area contributed by atoms with Crippen molar-refractivity contribution in [2.75, 3.05) is 26.8 Å². The molecule has 1 fully saturated rings. The van der Waals surface area contributed by atoms with Crippen molar-refractivity contribution in [3.05, 3.63) is 35.9 Å². The maximum atomic E-state index is 11.9. The third-order valence-electron chi connectivity index (χ3n) is 3.70. The van der Waals surface area contributed by atoms with Crippen molar-refractivity contribution < 1.29 is 14.3 Å². The number of ether oxygens (including phenoxy) is 2. The molecule has 4 nitrogen and oxygen atoms in total. The molecule has 110 valence electrons. The lowest BCUT2D eigenvalue weighted by Crippen LogP contribution is -2.29. The Morgan fingerprint density at radius 1 is 1.45 bits per heavy atom. The fraction of sp³-hybridized carbons (Fsp3) is 0.562. The molecule has 0 saturated carbocycles. The average molecular weight is 277 g/mol. The highest BCUT2D eigenvalue weighted by atomic mass is 16.5. The van der Waals surface area contributed by atoms with Gasteiger partial charge in [0.2, 0.25) is 0 Å². The van der Waals surface area contributed by atoms with Gasteiger partial charge in [0.25, 0.3) is 0 Å². The highest BCUT2D eigenvalue weighted by molar-refractivity contribution is 5.78. The van der Waals surface area contributed by atoms with Crippen LogP contribution < -0.4 is 5.32 Å². The molecule has 1 aromatic rings. The normalized spacial score (nSPS) is 19.8. The second-order valence-corrected chi connectivity index (χ2v) is 5.11. The summed E-state index contributed by atoms with van der Waals surface area (Å²) in [6, 6.07) is 9.75. The van der Waals surface area contributed by atoms with Gasteiger partial charge in [0.15, 0.2) is 0 Å². The van der Waals surface area contributed by atoms with Gasteiger partial charge < -0.3 is 14.8 Å². The standard InChI is InChI=1S/C16H23NO3/c1-19-16(18)15(13-6-3-2-4-7-13)12-17-10-9-14-8-5-11-20-14/h2-4,6-7,14-15,17H,5,8-12H2,1H3. The molecule has 4 heteroatoms. The SMILES string of the molecule is COC(=O)C(CNCCC1CCCO1)c1ccccc1. The molecule has 1 saturated heterocycles. The van der Waals surface area contributed by atoms with Crippen molar-refractivity contribution in [3.8, 4) is 0 Å². The topological polar surface area (TPSA) is 47.6 Å². The first-order valence-electron chi connectivity index (χ1n) is 7.26. The molecule has 1 aliphatic rings. The molecule has 1 aromatic carbocycles. The minimum Gasteiger partial charge on any atom is -0.469 e. The first kappa shape index (κ1) is 15.0. The molecule has 0 amide bonds. The van der Waals surface area contributed by atoms with Gasteiger partial charge in [-0.25, -0.2) is 0 Å². The molecule has 2 rings (SSSR count). The summed E-state index contributed by atoms with van der Waals surface area (Å²) in [4.78, 5) is 11.9. The molecule has 0 aromatic heterocycles. The summed E-state index contributed by atoms with van der Waals surface area (Å²) < 4.78 is 10.5. The Kier molecular flexibility index (Phi) is 6.02. The smallest absolute Gasteiger partial charge is 0.314 e. The Hall–Kier alpha value is -1.39. The van der Waals surface area contributed by atoms with Gasteiger partial charge in [0.05, 0.1) is 19.1 Å². The summed E-state index contributed by atoms with van der Waals surface area (Å²) in [5, 5.41) is 3.35. The van der Waals surface area contributed by atoms with Crippen molar-refractivity contribution in [1.29, 1.82) is 0 Å². The lowest BCUT2D eigenvalue weighted by Gasteiger charge is -2.16. The van der Waals surface area contributed by atoms with Crippen LogP contribution in [0.2, 0.25) is 0 Å². The molecule has 1 N–H and O–H groups in total. The summed E-state index contributed by atoms with van der Waals surface area (Å²) in [5.74, 6) is -0.438. The second kappa shape index (κ2) is 8.02. The molecule has 1 aliphatic heterocycles. The highest BCUT2D eigenvalue weighted by Gasteiger charge is 2.21. The third kappa shape index (κ3) is 4.32. The van der Waals surface area contributed by atoms with E-state index in [4.69, 9.17) is 9.47 Å². The van der Waals surface area contributed by atoms with E-state index in [1.807, 2.05) is 30.3 Å². The minimum absolute atomic E-state index is 0.194. The highest BCUT2D eigenvalue weighted by Crippen LogP contribution is 2.17. The molecule has 0 radical (unpaired) electrons. The van der Waals surface area contributed by atoms with Crippen molar-refractivity contribution >= 4 is 5.97 Å². The number of methoxy groups -OCH3 is 1. The van der Waals surface area contributed by atoms with Gasteiger partial charge in [0.1, 0.15) is 0 Å². The van der Waals surface area contributed by atoms with Crippen LogP contribution in [0, 0.1) is 0 Å². The number of carbonyl (C=O) groups excluding carboxylic acids is 1. The quantitative estimate of drug-likeness (QED) is 0.612. The van der Waals surface area contributed by atoms with Crippen LogP contribution in [0.4, 0.5) is 0 Å². The molecule has 2 atom stereocenters. The summed E-state index contributed by atoms with van der Waals surface area (Å²) in [5.41, 5.74) is 0.990. The van der Waals surface area contributed by atoms with Gasteiger partial charge in [-0.3, -0.25) is 4.79 Å². The van der Waals surface area contributed by atoms with Gasteiger partial charge in [-0.05, 0) is 31.4 Å². The Morgan fingerprint density at radius 2 is 2.25 bits per heavy atom. The van der Waals surface area contributed by atoms with Crippen molar-refractivity contribution in [2.45, 2.75) is 31.3 Å². The van der Waals surface area contributed by atoms with E-state index in [0.29, 0.717) is 12.6 Å². The van der Waals surface area contributed by atoms with Gasteiger partial charge >= 0.3 is 5.97 Å². The zero-order chi connectivity index (χ0) is 14.2. The van der Waals surface area contributed by atoms with Crippen LogP contribution in [0.25, 0.3) is 0 Å². The number of hydrogen-bond acceptors (Lipinski definition) is 4. The first-order valence-corrected chi connectivity index (χ1v) is 7.26. The number of esters is 1. The van der Waals surface area contributed by atoms with E-state index in [1.165, 1.54) is 13.5 Å². The first-order chi connectivity index (χ1) is 9.81. The molecular weight excluding hydrogens is 254 g/mol. The van der Waals surface area contributed by atoms with Crippen LogP contribution in [0.15, 0.2) is 30.3 Å². The Bertz CT molecular complexity index is 401. The van der Waals surface area contributed by atoms with E-state index in [-0.39, 0.29) is 11.9 Å². The molecule has 0 aliphatic carbocycles. The summed E-state index contributed by atoms with van der Waals surface area (Å²) in [6.45, 7) is 2.36. The van der Waals surface area contributed by atoms with Crippen molar-refractivity contribution in [2.24, 2.45) is 0 Å². The van der Waals surface area contributed by atoms with Crippen molar-refractivity contribution in [3.63, 3.8) is 0 Å². The summed E-state index contributed by atoms with van der Waals surface area (Å²) >= 11 is 0. The van der Waals surface area contributed by atoms with Crippen LogP contribution in [0.1, 0.15) is 30.7 Å². The van der Waals surface area contributed by atoms with Crippen LogP contribution >= 0.6 is 0 Å². The second-order valence-electron chi connectivity index (χ2n) is 5.11. The Labute approximate surface area is 120 Å². The van der Waals surface area contributed by atoms with Crippen molar-refractivity contribution in [1.82, 2.24) is 5.32 Å². The molecule has 0 bridgehead atoms. The van der Waals surface area contributed by atoms with E-state index < -0.39 is 0 Å². The fourth-order valence-corrected chi connectivity index (χ4v) is 2.55. The predicted octanol–water partition coefficient (Wildman–Crippen LogP) is 2.10. The number of nitrogens with one attached hydrogen (secondary N) is 1. The molecular formula is C16H23NO3. The molecule has 2 unspecified atom stereocenters. The lowest BCUT2D eigenvalue weighted by molar-refractivity contribution is -0.142. The third-order valence-corrected chi connectivity index (χ3v) is 3.70.